The number of benzene rings is 2. The van der Waals surface area contributed by atoms with Gasteiger partial charge in [0.1, 0.15) is 4.88 Å². The minimum absolute atomic E-state index is 0. The van der Waals surface area contributed by atoms with Gasteiger partial charge in [-0.1, -0.05) is 43.3 Å². The lowest BCUT2D eigenvalue weighted by atomic mass is 10.0. The molecule has 1 saturated heterocycles. The monoisotopic (exact) mass is 430 g/mol. The van der Waals surface area contributed by atoms with E-state index in [1.807, 2.05) is 13.0 Å². The molecule has 1 aliphatic rings. The highest BCUT2D eigenvalue weighted by Gasteiger charge is 2.23. The fourth-order valence-electron chi connectivity index (χ4n) is 4.11. The molecule has 1 N–H and O–H groups in total. The van der Waals surface area contributed by atoms with Gasteiger partial charge in [0, 0.05) is 48.5 Å². The van der Waals surface area contributed by atoms with E-state index in [-0.39, 0.29) is 12.4 Å². The molecule has 0 bridgehead atoms. The largest absolute Gasteiger partial charge is 0.477 e. The van der Waals surface area contributed by atoms with Crippen molar-refractivity contribution in [2.75, 3.05) is 37.6 Å². The highest BCUT2D eigenvalue weighted by molar-refractivity contribution is 7.21. The summed E-state index contributed by atoms with van der Waals surface area (Å²) in [6.07, 6.45) is 1.83. The molecule has 3 aromatic rings. The quantitative estimate of drug-likeness (QED) is 0.601. The summed E-state index contributed by atoms with van der Waals surface area (Å²) in [5.74, 6) is -0.810. The van der Waals surface area contributed by atoms with Crippen molar-refractivity contribution in [3.05, 3.63) is 64.5 Å². The van der Waals surface area contributed by atoms with E-state index in [0.29, 0.717) is 4.88 Å². The Hall–Kier alpha value is -2.08. The summed E-state index contributed by atoms with van der Waals surface area (Å²) in [5, 5.41) is 10.7. The van der Waals surface area contributed by atoms with Crippen LogP contribution < -0.4 is 4.90 Å². The molecular weight excluding hydrogens is 404 g/mol. The van der Waals surface area contributed by atoms with E-state index in [2.05, 4.69) is 52.3 Å². The van der Waals surface area contributed by atoms with Crippen LogP contribution in [0.25, 0.3) is 10.1 Å². The van der Waals surface area contributed by atoms with Crippen LogP contribution in [0.5, 0.6) is 0 Å². The average molecular weight is 431 g/mol. The van der Waals surface area contributed by atoms with E-state index in [9.17, 15) is 9.90 Å². The summed E-state index contributed by atoms with van der Waals surface area (Å²) in [5.41, 5.74) is 3.57. The molecule has 1 fully saturated rings. The van der Waals surface area contributed by atoms with Crippen LogP contribution >= 0.6 is 23.7 Å². The van der Waals surface area contributed by atoms with Crippen molar-refractivity contribution in [3.63, 3.8) is 0 Å². The molecule has 0 aliphatic carbocycles. The van der Waals surface area contributed by atoms with Crippen LogP contribution in [-0.4, -0.2) is 48.7 Å². The normalized spacial score (nSPS) is 14.7. The van der Waals surface area contributed by atoms with Crippen molar-refractivity contribution in [3.8, 4) is 0 Å². The minimum Gasteiger partial charge on any atom is -0.477 e. The van der Waals surface area contributed by atoms with Crippen LogP contribution in [-0.2, 0) is 12.8 Å². The Balaban J connectivity index is 0.00000240. The van der Waals surface area contributed by atoms with Gasteiger partial charge in [-0.2, -0.15) is 0 Å². The van der Waals surface area contributed by atoms with Crippen molar-refractivity contribution in [1.82, 2.24) is 4.90 Å². The summed E-state index contributed by atoms with van der Waals surface area (Å²) in [4.78, 5) is 17.1. The molecule has 154 valence electrons. The standard InChI is InChI=1S/C23H26N2O2S.ClH/c1-2-18-21-19(9-6-10-20(21)28-22(18)23(26)27)25-15-13-24(14-16-25)12-11-17-7-4-3-5-8-17;/h3-10H,2,11-16H2,1H3,(H,26,27);1H. The van der Waals surface area contributed by atoms with E-state index in [4.69, 9.17) is 0 Å². The molecule has 0 unspecified atom stereocenters. The van der Waals surface area contributed by atoms with Crippen LogP contribution in [0.3, 0.4) is 0 Å². The number of aromatic carboxylic acids is 1. The SMILES string of the molecule is CCc1c(C(=O)O)sc2cccc(N3CCN(CCc4ccccc4)CC3)c12.Cl. The fourth-order valence-corrected chi connectivity index (χ4v) is 5.26. The second-order valence-corrected chi connectivity index (χ2v) is 8.34. The smallest absolute Gasteiger partial charge is 0.346 e. The molecule has 0 radical (unpaired) electrons. The van der Waals surface area contributed by atoms with Crippen molar-refractivity contribution < 1.29 is 9.90 Å². The lowest BCUT2D eigenvalue weighted by molar-refractivity contribution is 0.0701. The Morgan fingerprint density at radius 3 is 2.41 bits per heavy atom. The number of hydrogen-bond donors (Lipinski definition) is 1. The summed E-state index contributed by atoms with van der Waals surface area (Å²) < 4.78 is 1.08. The maximum Gasteiger partial charge on any atom is 0.346 e. The maximum absolute atomic E-state index is 11.7. The van der Waals surface area contributed by atoms with Gasteiger partial charge < -0.3 is 10.0 Å². The van der Waals surface area contributed by atoms with Gasteiger partial charge in [0.25, 0.3) is 0 Å². The molecule has 0 spiro atoms. The number of carboxylic acid groups (broad SMARTS) is 1. The zero-order chi connectivity index (χ0) is 19.5. The molecule has 29 heavy (non-hydrogen) atoms. The van der Waals surface area contributed by atoms with Gasteiger partial charge in [-0.3, -0.25) is 4.90 Å². The minimum atomic E-state index is -0.810. The first kappa shape index (κ1) is 21.6. The van der Waals surface area contributed by atoms with E-state index in [1.54, 1.807) is 0 Å². The molecule has 0 amide bonds. The first-order chi connectivity index (χ1) is 13.7. The van der Waals surface area contributed by atoms with Crippen molar-refractivity contribution >= 4 is 45.5 Å². The Morgan fingerprint density at radius 1 is 1.03 bits per heavy atom. The molecule has 4 nitrogen and oxygen atoms in total. The third kappa shape index (κ3) is 4.58. The number of carboxylic acids is 1. The maximum atomic E-state index is 11.7. The van der Waals surface area contributed by atoms with Gasteiger partial charge in [-0.25, -0.2) is 4.79 Å². The number of nitrogens with zero attached hydrogens (tertiary/aromatic N) is 2. The Morgan fingerprint density at radius 2 is 1.76 bits per heavy atom. The fraction of sp³-hybridized carbons (Fsp3) is 0.348. The summed E-state index contributed by atoms with van der Waals surface area (Å²) in [6, 6.07) is 16.9. The molecule has 2 aromatic carbocycles. The van der Waals surface area contributed by atoms with Crippen molar-refractivity contribution in [1.29, 1.82) is 0 Å². The van der Waals surface area contributed by atoms with Crippen LogP contribution in [0.4, 0.5) is 5.69 Å². The molecule has 2 heterocycles. The highest BCUT2D eigenvalue weighted by atomic mass is 35.5. The van der Waals surface area contributed by atoms with Gasteiger partial charge in [-0.15, -0.1) is 23.7 Å². The molecular formula is C23H27ClN2O2S. The first-order valence-electron chi connectivity index (χ1n) is 9.96. The summed E-state index contributed by atoms with van der Waals surface area (Å²) in [6.45, 7) is 7.18. The average Bonchev–Trinajstić information content (AvgIpc) is 3.13. The number of halogens is 1. The van der Waals surface area contributed by atoms with E-state index in [1.165, 1.54) is 22.6 Å². The van der Waals surface area contributed by atoms with Gasteiger partial charge >= 0.3 is 5.97 Å². The molecule has 1 aromatic heterocycles. The molecule has 1 aliphatic heterocycles. The number of piperazine rings is 1. The number of hydrogen-bond acceptors (Lipinski definition) is 4. The van der Waals surface area contributed by atoms with Crippen LogP contribution in [0, 0.1) is 0 Å². The Bertz CT molecular complexity index is 966. The van der Waals surface area contributed by atoms with E-state index < -0.39 is 5.97 Å². The molecule has 0 saturated carbocycles. The number of fused-ring (bicyclic) bond motifs is 1. The second-order valence-electron chi connectivity index (χ2n) is 7.28. The topological polar surface area (TPSA) is 43.8 Å². The number of anilines is 1. The molecule has 0 atom stereocenters. The molecule has 6 heteroatoms. The van der Waals surface area contributed by atoms with Crippen molar-refractivity contribution in [2.45, 2.75) is 19.8 Å². The third-order valence-electron chi connectivity index (χ3n) is 5.61. The predicted molar refractivity (Wildman–Crippen MR) is 124 cm³/mol. The predicted octanol–water partition coefficient (Wildman–Crippen LogP) is 4.95. The summed E-state index contributed by atoms with van der Waals surface area (Å²) in [7, 11) is 0. The number of carbonyl (C=O) groups is 1. The number of thiophene rings is 1. The summed E-state index contributed by atoms with van der Waals surface area (Å²) >= 11 is 1.40. The van der Waals surface area contributed by atoms with E-state index in [0.717, 1.165) is 61.2 Å². The third-order valence-corrected chi connectivity index (χ3v) is 6.80. The van der Waals surface area contributed by atoms with Crippen molar-refractivity contribution in [2.24, 2.45) is 0 Å². The highest BCUT2D eigenvalue weighted by Crippen LogP contribution is 2.38. The number of rotatable bonds is 6. The number of aryl methyl sites for hydroxylation is 1. The lowest BCUT2D eigenvalue weighted by Crippen LogP contribution is -2.47. The van der Waals surface area contributed by atoms with E-state index >= 15 is 0 Å². The second kappa shape index (κ2) is 9.61. The zero-order valence-electron chi connectivity index (χ0n) is 16.6. The van der Waals surface area contributed by atoms with Gasteiger partial charge in [0.05, 0.1) is 0 Å². The molecule has 4 rings (SSSR count). The van der Waals surface area contributed by atoms with Gasteiger partial charge in [0.15, 0.2) is 0 Å². The lowest BCUT2D eigenvalue weighted by Gasteiger charge is -2.36. The van der Waals surface area contributed by atoms with Gasteiger partial charge in [0.2, 0.25) is 0 Å². The Labute approximate surface area is 182 Å². The van der Waals surface area contributed by atoms with Crippen LogP contribution in [0.1, 0.15) is 27.7 Å². The zero-order valence-corrected chi connectivity index (χ0v) is 18.3. The van der Waals surface area contributed by atoms with Crippen LogP contribution in [0.2, 0.25) is 0 Å². The first-order valence-corrected chi connectivity index (χ1v) is 10.8. The van der Waals surface area contributed by atoms with Gasteiger partial charge in [-0.05, 0) is 36.1 Å². The van der Waals surface area contributed by atoms with Crippen LogP contribution in [0.15, 0.2) is 48.5 Å². The Kier molecular flexibility index (Phi) is 7.17.